The Labute approximate surface area is 149 Å². The Hall–Kier alpha value is -0.860. The summed E-state index contributed by atoms with van der Waals surface area (Å²) in [5.74, 6) is 0. The van der Waals surface area contributed by atoms with Crippen molar-refractivity contribution in [1.29, 1.82) is 0 Å². The van der Waals surface area contributed by atoms with Crippen molar-refractivity contribution in [2.45, 2.75) is 71.1 Å². The summed E-state index contributed by atoms with van der Waals surface area (Å²) < 4.78 is 0. The molecule has 0 saturated carbocycles. The summed E-state index contributed by atoms with van der Waals surface area (Å²) in [5.41, 5.74) is 4.46. The molecule has 3 rings (SSSR count). The van der Waals surface area contributed by atoms with Gasteiger partial charge >= 0.3 is 0 Å². The van der Waals surface area contributed by atoms with Crippen LogP contribution < -0.4 is 0 Å². The van der Waals surface area contributed by atoms with Crippen molar-refractivity contribution in [2.24, 2.45) is 0 Å². The molecule has 1 aliphatic rings. The van der Waals surface area contributed by atoms with Crippen molar-refractivity contribution in [2.75, 3.05) is 0 Å². The Morgan fingerprint density at radius 2 is 1.26 bits per heavy atom. The maximum absolute atomic E-state index is 2.49. The van der Waals surface area contributed by atoms with Crippen LogP contribution in [0.4, 0.5) is 0 Å². The lowest BCUT2D eigenvalue weighted by molar-refractivity contribution is 0.566. The maximum atomic E-state index is 2.49. The van der Waals surface area contributed by atoms with Crippen LogP contribution in [0.5, 0.6) is 0 Å². The van der Waals surface area contributed by atoms with E-state index in [1.807, 2.05) is 22.7 Å². The molecule has 0 saturated heterocycles. The fourth-order valence-electron chi connectivity index (χ4n) is 3.46. The van der Waals surface area contributed by atoms with E-state index in [1.54, 1.807) is 0 Å². The van der Waals surface area contributed by atoms with E-state index < -0.39 is 0 Å². The van der Waals surface area contributed by atoms with Gasteiger partial charge in [0, 0.05) is 11.1 Å². The van der Waals surface area contributed by atoms with Crippen LogP contribution in [0.1, 0.15) is 82.3 Å². The zero-order valence-corrected chi connectivity index (χ0v) is 15.9. The number of thiophene rings is 2. The van der Waals surface area contributed by atoms with E-state index in [0.29, 0.717) is 0 Å². The summed E-state index contributed by atoms with van der Waals surface area (Å²) >= 11 is 3.78. The molecule has 0 atom stereocenters. The zero-order valence-electron chi connectivity index (χ0n) is 14.3. The fourth-order valence-corrected chi connectivity index (χ4v) is 5.47. The topological polar surface area (TPSA) is 0 Å². The molecule has 1 aliphatic carbocycles. The lowest BCUT2D eigenvalue weighted by Gasteiger charge is -2.02. The first-order chi connectivity index (χ1) is 11.4. The van der Waals surface area contributed by atoms with Gasteiger partial charge in [-0.1, -0.05) is 64.4 Å². The standard InChI is InChI=1S/C21H28S2/c1-2-3-4-5-6-7-8-9-10-11-12-17-18-13-15-22-20(18)21-19(17)14-16-23-21/h12-16H,2-11H2,1H3. The SMILES string of the molecule is CCCCCCCCCCCC=C1c2ccsc2-c2sccc21. The van der Waals surface area contributed by atoms with Crippen LogP contribution in [-0.4, -0.2) is 0 Å². The molecule has 23 heavy (non-hydrogen) atoms. The molecule has 2 heterocycles. The van der Waals surface area contributed by atoms with E-state index in [0.717, 1.165) is 0 Å². The molecule has 2 aromatic rings. The van der Waals surface area contributed by atoms with Gasteiger partial charge in [0.2, 0.25) is 0 Å². The monoisotopic (exact) mass is 344 g/mol. The second kappa shape index (κ2) is 8.84. The highest BCUT2D eigenvalue weighted by Gasteiger charge is 2.25. The van der Waals surface area contributed by atoms with E-state index in [9.17, 15) is 0 Å². The van der Waals surface area contributed by atoms with Gasteiger partial charge in [-0.15, -0.1) is 22.7 Å². The predicted octanol–water partition coefficient (Wildman–Crippen LogP) is 8.14. The van der Waals surface area contributed by atoms with E-state index in [-0.39, 0.29) is 0 Å². The number of fused-ring (bicyclic) bond motifs is 3. The van der Waals surface area contributed by atoms with E-state index in [1.165, 1.54) is 90.7 Å². The summed E-state index contributed by atoms with van der Waals surface area (Å²) in [5, 5.41) is 4.47. The van der Waals surface area contributed by atoms with Gasteiger partial charge in [0.15, 0.2) is 0 Å². The largest absolute Gasteiger partial charge is 0.142 e. The van der Waals surface area contributed by atoms with Crippen molar-refractivity contribution in [3.05, 3.63) is 40.1 Å². The molecular weight excluding hydrogens is 316 g/mol. The second-order valence-corrected chi connectivity index (χ2v) is 8.39. The van der Waals surface area contributed by atoms with Gasteiger partial charge in [-0.3, -0.25) is 0 Å². The number of rotatable bonds is 10. The van der Waals surface area contributed by atoms with E-state index >= 15 is 0 Å². The highest BCUT2D eigenvalue weighted by molar-refractivity contribution is 7.21. The third-order valence-electron chi connectivity index (χ3n) is 4.77. The normalized spacial score (nSPS) is 12.5. The Balaban J connectivity index is 1.39. The molecule has 0 radical (unpaired) electrons. The number of allylic oxidation sites excluding steroid dienone is 1. The van der Waals surface area contributed by atoms with Crippen LogP contribution in [0.25, 0.3) is 15.3 Å². The van der Waals surface area contributed by atoms with Crippen molar-refractivity contribution >= 4 is 28.2 Å². The van der Waals surface area contributed by atoms with Crippen molar-refractivity contribution < 1.29 is 0 Å². The van der Waals surface area contributed by atoms with Gasteiger partial charge < -0.3 is 0 Å². The molecule has 0 aliphatic heterocycles. The average Bonchev–Trinajstić information content (AvgIpc) is 3.24. The minimum atomic E-state index is 1.23. The second-order valence-electron chi connectivity index (χ2n) is 6.56. The van der Waals surface area contributed by atoms with Gasteiger partial charge in [-0.2, -0.15) is 0 Å². The quantitative estimate of drug-likeness (QED) is 0.325. The minimum Gasteiger partial charge on any atom is -0.142 e. The van der Waals surface area contributed by atoms with Crippen LogP contribution >= 0.6 is 22.7 Å². The van der Waals surface area contributed by atoms with E-state index in [2.05, 4.69) is 35.9 Å². The minimum absolute atomic E-state index is 1.23. The molecule has 0 aromatic carbocycles. The molecule has 2 aromatic heterocycles. The average molecular weight is 345 g/mol. The van der Waals surface area contributed by atoms with Crippen molar-refractivity contribution in [3.8, 4) is 9.75 Å². The molecule has 0 spiro atoms. The molecule has 0 amide bonds. The van der Waals surface area contributed by atoms with Gasteiger partial charge in [0.25, 0.3) is 0 Å². The first kappa shape index (κ1) is 17.0. The molecule has 0 fully saturated rings. The zero-order chi connectivity index (χ0) is 15.9. The van der Waals surface area contributed by atoms with Crippen molar-refractivity contribution in [1.82, 2.24) is 0 Å². The molecular formula is C21H28S2. The van der Waals surface area contributed by atoms with Crippen LogP contribution in [0.15, 0.2) is 29.0 Å². The van der Waals surface area contributed by atoms with Gasteiger partial charge in [0.05, 0.1) is 9.75 Å². The number of hydrogen-bond donors (Lipinski definition) is 0. The predicted molar refractivity (Wildman–Crippen MR) is 107 cm³/mol. The fraction of sp³-hybridized carbons (Fsp3) is 0.524. The summed E-state index contributed by atoms with van der Waals surface area (Å²) in [4.78, 5) is 2.99. The van der Waals surface area contributed by atoms with Gasteiger partial charge in [-0.25, -0.2) is 0 Å². The lowest BCUT2D eigenvalue weighted by atomic mass is 10.0. The van der Waals surface area contributed by atoms with Gasteiger partial charge in [-0.05, 0) is 41.3 Å². The third kappa shape index (κ3) is 4.16. The Kier molecular flexibility index (Phi) is 6.53. The maximum Gasteiger partial charge on any atom is 0.0527 e. The molecule has 0 N–H and O–H groups in total. The Morgan fingerprint density at radius 1 is 0.739 bits per heavy atom. The Bertz CT molecular complexity index is 588. The lowest BCUT2D eigenvalue weighted by Crippen LogP contribution is -1.82. The summed E-state index contributed by atoms with van der Waals surface area (Å²) in [7, 11) is 0. The smallest absolute Gasteiger partial charge is 0.0527 e. The van der Waals surface area contributed by atoms with E-state index in [4.69, 9.17) is 0 Å². The van der Waals surface area contributed by atoms with Crippen LogP contribution in [0.2, 0.25) is 0 Å². The molecule has 0 unspecified atom stereocenters. The summed E-state index contributed by atoms with van der Waals surface area (Å²) in [6, 6.07) is 4.60. The highest BCUT2D eigenvalue weighted by atomic mass is 32.1. The van der Waals surface area contributed by atoms with Crippen LogP contribution in [-0.2, 0) is 0 Å². The summed E-state index contributed by atoms with van der Waals surface area (Å²) in [6.07, 6.45) is 16.4. The van der Waals surface area contributed by atoms with Crippen LogP contribution in [0.3, 0.4) is 0 Å². The molecule has 124 valence electrons. The Morgan fingerprint density at radius 3 is 1.83 bits per heavy atom. The first-order valence-corrected chi connectivity index (χ1v) is 11.0. The van der Waals surface area contributed by atoms with Crippen molar-refractivity contribution in [3.63, 3.8) is 0 Å². The van der Waals surface area contributed by atoms with Gasteiger partial charge in [0.1, 0.15) is 0 Å². The number of hydrogen-bond acceptors (Lipinski definition) is 2. The first-order valence-electron chi connectivity index (χ1n) is 9.28. The third-order valence-corrected chi connectivity index (χ3v) is 6.77. The highest BCUT2D eigenvalue weighted by Crippen LogP contribution is 2.50. The molecule has 2 heteroatoms. The summed E-state index contributed by atoms with van der Waals surface area (Å²) in [6.45, 7) is 2.29. The number of unbranched alkanes of at least 4 members (excludes halogenated alkanes) is 9. The molecule has 0 nitrogen and oxygen atoms in total. The molecule has 0 bridgehead atoms. The van der Waals surface area contributed by atoms with Crippen LogP contribution in [0, 0.1) is 0 Å².